The Morgan fingerprint density at radius 2 is 1.33 bits per heavy atom. The molecule has 0 radical (unpaired) electrons. The molecule has 0 saturated carbocycles. The van der Waals surface area contributed by atoms with Crippen LogP contribution in [0.5, 0.6) is 0 Å². The summed E-state index contributed by atoms with van der Waals surface area (Å²) in [5.41, 5.74) is 3.43. The van der Waals surface area contributed by atoms with Crippen molar-refractivity contribution in [3.8, 4) is 5.69 Å². The van der Waals surface area contributed by atoms with E-state index in [-0.39, 0.29) is 18.0 Å². The minimum atomic E-state index is -3.22. The quantitative estimate of drug-likeness (QED) is 0.134. The van der Waals surface area contributed by atoms with Crippen LogP contribution in [0.3, 0.4) is 0 Å². The Hall–Kier alpha value is -3.08. The highest BCUT2D eigenvalue weighted by Gasteiger charge is 2.35. The standard InChI is InChI=1S/C13H10N2O.C13H15NO3.C6H5I.Cl3OP/c16-13-14-11-8-4-5-9-12(11)15(13)10-6-2-1-3-7-10;1-13(2,3)17-12(16)14-10-7-5-4-6-9(10)8-11(14)15;7-6-4-2-1-3-5-6;1-5(2,3)4/h1-9H,(H,14,16);4-7H,8H2,1-3H3;1-5H;. The Balaban J connectivity index is 0.000000182. The molecule has 0 atom stereocenters. The summed E-state index contributed by atoms with van der Waals surface area (Å²) in [6.45, 7) is 5.33. The summed E-state index contributed by atoms with van der Waals surface area (Å²) in [6.07, 6.45) is -0.345. The van der Waals surface area contributed by atoms with Crippen LogP contribution in [0.1, 0.15) is 26.3 Å². The highest BCUT2D eigenvalue weighted by molar-refractivity contribution is 14.1. The summed E-state index contributed by atoms with van der Waals surface area (Å²) < 4.78 is 17.7. The van der Waals surface area contributed by atoms with Gasteiger partial charge in [0.1, 0.15) is 5.60 Å². The summed E-state index contributed by atoms with van der Waals surface area (Å²) in [5, 5.41) is -3.22. The monoisotopic (exact) mass is 799 g/mol. The topological polar surface area (TPSA) is 101 Å². The van der Waals surface area contributed by atoms with Gasteiger partial charge in [0.05, 0.1) is 28.8 Å². The van der Waals surface area contributed by atoms with E-state index in [1.54, 1.807) is 37.5 Å². The predicted molar refractivity (Wildman–Crippen MR) is 192 cm³/mol. The Bertz CT molecular complexity index is 1830. The largest absolute Gasteiger partial charge is 0.443 e. The summed E-state index contributed by atoms with van der Waals surface area (Å²) in [5.74, 6) is -0.236. The molecule has 5 aromatic rings. The molecule has 2 amide bonds. The molecule has 1 aliphatic heterocycles. The molecule has 1 N–H and O–H groups in total. The fourth-order valence-electron chi connectivity index (χ4n) is 4.07. The zero-order valence-electron chi connectivity index (χ0n) is 24.5. The third kappa shape index (κ3) is 12.0. The van der Waals surface area contributed by atoms with Crippen LogP contribution in [0.4, 0.5) is 10.5 Å². The van der Waals surface area contributed by atoms with Crippen molar-refractivity contribution in [2.45, 2.75) is 32.8 Å². The lowest BCUT2D eigenvalue weighted by atomic mass is 10.2. The lowest BCUT2D eigenvalue weighted by Crippen LogP contribution is -2.38. The molecule has 8 nitrogen and oxygen atoms in total. The molecule has 45 heavy (non-hydrogen) atoms. The zero-order chi connectivity index (χ0) is 33.2. The molecule has 13 heteroatoms. The van der Waals surface area contributed by atoms with Gasteiger partial charge in [-0.25, -0.2) is 14.5 Å². The number of fused-ring (bicyclic) bond motifs is 2. The first-order valence-electron chi connectivity index (χ1n) is 13.4. The average Bonchev–Trinajstić information content (AvgIpc) is 3.48. The van der Waals surface area contributed by atoms with Gasteiger partial charge in [0.2, 0.25) is 5.91 Å². The van der Waals surface area contributed by atoms with Crippen molar-refractivity contribution in [3.05, 3.63) is 129 Å². The van der Waals surface area contributed by atoms with E-state index in [9.17, 15) is 18.9 Å². The van der Waals surface area contributed by atoms with Crippen molar-refractivity contribution in [3.63, 3.8) is 0 Å². The van der Waals surface area contributed by atoms with E-state index < -0.39 is 16.9 Å². The van der Waals surface area contributed by atoms with Gasteiger partial charge in [-0.05, 0) is 125 Å². The number of imide groups is 1. The summed E-state index contributed by atoms with van der Waals surface area (Å²) in [4.78, 5) is 39.5. The lowest BCUT2D eigenvalue weighted by molar-refractivity contribution is -0.117. The van der Waals surface area contributed by atoms with Crippen molar-refractivity contribution in [1.82, 2.24) is 9.55 Å². The second-order valence-electron chi connectivity index (χ2n) is 10.3. The molecule has 6 rings (SSSR count). The molecule has 4 aromatic carbocycles. The first kappa shape index (κ1) is 36.4. The van der Waals surface area contributed by atoms with Crippen molar-refractivity contribution < 1.29 is 18.9 Å². The Morgan fingerprint density at radius 1 is 0.822 bits per heavy atom. The van der Waals surface area contributed by atoms with Crippen LogP contribution in [0.15, 0.2) is 114 Å². The molecule has 0 spiro atoms. The fourth-order valence-corrected chi connectivity index (χ4v) is 4.48. The van der Waals surface area contributed by atoms with Gasteiger partial charge in [0, 0.05) is 3.57 Å². The number of aromatic amines is 1. The number of halogens is 4. The third-order valence-corrected chi connectivity index (χ3v) is 6.46. The van der Waals surface area contributed by atoms with Gasteiger partial charge in [-0.3, -0.25) is 13.9 Å². The molecule has 1 aromatic heterocycles. The molecule has 1 aliphatic rings. The van der Waals surface area contributed by atoms with Gasteiger partial charge in [-0.15, -0.1) is 0 Å². The first-order valence-corrected chi connectivity index (χ1v) is 18.9. The molecule has 0 unspecified atom stereocenters. The van der Waals surface area contributed by atoms with Gasteiger partial charge in [-0.1, -0.05) is 66.7 Å². The molecule has 0 saturated heterocycles. The van der Waals surface area contributed by atoms with Crippen LogP contribution in [-0.2, 0) is 20.5 Å². The number of amides is 2. The minimum Gasteiger partial charge on any atom is -0.443 e. The minimum absolute atomic E-state index is 0.104. The van der Waals surface area contributed by atoms with Crippen molar-refractivity contribution >= 4 is 90.2 Å². The Morgan fingerprint density at radius 3 is 1.89 bits per heavy atom. The maximum absolute atomic E-state index is 11.9. The highest BCUT2D eigenvalue weighted by atomic mass is 127. The van der Waals surface area contributed by atoms with E-state index in [4.69, 9.17) is 4.74 Å². The van der Waals surface area contributed by atoms with Crippen molar-refractivity contribution in [2.24, 2.45) is 0 Å². The van der Waals surface area contributed by atoms with E-state index in [0.717, 1.165) is 27.2 Å². The molecule has 0 fully saturated rings. The Kier molecular flexibility index (Phi) is 13.3. The zero-order valence-corrected chi connectivity index (χ0v) is 29.8. The van der Waals surface area contributed by atoms with Gasteiger partial charge < -0.3 is 9.72 Å². The van der Waals surface area contributed by atoms with Crippen molar-refractivity contribution in [2.75, 3.05) is 4.90 Å². The van der Waals surface area contributed by atoms with Crippen LogP contribution < -0.4 is 10.6 Å². The molecule has 2 heterocycles. The average molecular weight is 801 g/mol. The number of anilines is 1. The number of nitrogens with one attached hydrogen (secondary N) is 1. The number of ether oxygens (including phenoxy) is 1. The second-order valence-corrected chi connectivity index (χ2v) is 18.2. The first-order chi connectivity index (χ1) is 21.1. The van der Waals surface area contributed by atoms with Crippen LogP contribution in [0.2, 0.25) is 0 Å². The summed E-state index contributed by atoms with van der Waals surface area (Å²) in [6, 6.07) is 34.7. The van der Waals surface area contributed by atoms with Gasteiger partial charge in [0.25, 0.3) is 0 Å². The number of nitrogens with zero attached hydrogens (tertiary/aromatic N) is 2. The van der Waals surface area contributed by atoms with Crippen LogP contribution in [0, 0.1) is 3.57 Å². The van der Waals surface area contributed by atoms with E-state index in [1.165, 1.54) is 3.57 Å². The smallest absolute Gasteiger partial charge is 0.421 e. The molecule has 236 valence electrons. The third-order valence-electron chi connectivity index (χ3n) is 5.74. The SMILES string of the molecule is CC(C)(C)OC(=O)N1C(=O)Cc2ccccc21.Ic1ccccc1.O=P(Cl)(Cl)Cl.O=c1[nH]c2ccccc2n1-c1ccccc1. The number of para-hydroxylation sites is 4. The van der Waals surface area contributed by atoms with E-state index >= 15 is 0 Å². The fraction of sp³-hybridized carbons (Fsp3) is 0.156. The van der Waals surface area contributed by atoms with E-state index in [2.05, 4.69) is 73.4 Å². The Labute approximate surface area is 289 Å². The van der Waals surface area contributed by atoms with Crippen LogP contribution in [0.25, 0.3) is 16.7 Å². The summed E-state index contributed by atoms with van der Waals surface area (Å²) in [7, 11) is 0. The van der Waals surface area contributed by atoms with Crippen LogP contribution in [-0.4, -0.2) is 27.2 Å². The number of hydrogen-bond acceptors (Lipinski definition) is 5. The summed E-state index contributed by atoms with van der Waals surface area (Å²) >= 11 is 16.1. The normalized spacial score (nSPS) is 12.1. The number of hydrogen-bond donors (Lipinski definition) is 1. The van der Waals surface area contributed by atoms with Crippen molar-refractivity contribution in [1.29, 1.82) is 0 Å². The molecule has 0 bridgehead atoms. The van der Waals surface area contributed by atoms with Crippen LogP contribution >= 0.6 is 61.5 Å². The molecular formula is C32H30Cl3IN3O5P. The van der Waals surface area contributed by atoms with E-state index in [1.807, 2.05) is 84.9 Å². The second kappa shape index (κ2) is 16.5. The van der Waals surface area contributed by atoms with E-state index in [0.29, 0.717) is 5.69 Å². The number of H-pyrrole nitrogens is 1. The number of imidazole rings is 1. The van der Waals surface area contributed by atoms with Gasteiger partial charge in [-0.2, -0.15) is 0 Å². The number of carbonyl (C=O) groups is 2. The molecule has 0 aliphatic carbocycles. The number of carbonyl (C=O) groups excluding carboxylic acids is 2. The number of rotatable bonds is 1. The maximum Gasteiger partial charge on any atom is 0.421 e. The number of benzene rings is 4. The maximum atomic E-state index is 11.9. The van der Waals surface area contributed by atoms with Gasteiger partial charge >= 0.3 is 17.0 Å². The number of aromatic nitrogens is 2. The van der Waals surface area contributed by atoms with Gasteiger partial charge in [0.15, 0.2) is 0 Å². The lowest BCUT2D eigenvalue weighted by Gasteiger charge is -2.23. The predicted octanol–water partition coefficient (Wildman–Crippen LogP) is 9.93. The molecular weight excluding hydrogens is 771 g/mol. The highest BCUT2D eigenvalue weighted by Crippen LogP contribution is 2.61.